The Balaban J connectivity index is 1.28. The van der Waals surface area contributed by atoms with Crippen LogP contribution in [0.2, 0.25) is 0 Å². The summed E-state index contributed by atoms with van der Waals surface area (Å²) in [6.45, 7) is 0. The van der Waals surface area contributed by atoms with Crippen LogP contribution in [0.3, 0.4) is 0 Å². The number of furan rings is 1. The van der Waals surface area contributed by atoms with Gasteiger partial charge in [0, 0.05) is 27.5 Å². The number of aromatic nitrogens is 3. The molecule has 8 aromatic rings. The Kier molecular flexibility index (Phi) is 6.44. The van der Waals surface area contributed by atoms with Crippen molar-refractivity contribution in [3.63, 3.8) is 0 Å². The van der Waals surface area contributed by atoms with E-state index >= 15 is 0 Å². The van der Waals surface area contributed by atoms with Gasteiger partial charge in [-0.25, -0.2) is 15.0 Å². The third-order valence-corrected chi connectivity index (χ3v) is 7.95. The summed E-state index contributed by atoms with van der Waals surface area (Å²) in [6, 6.07) is 50.5. The quantitative estimate of drug-likeness (QED) is 0.204. The molecule has 0 N–H and O–H groups in total. The van der Waals surface area contributed by atoms with Crippen molar-refractivity contribution in [2.24, 2.45) is 0 Å². The largest absolute Gasteiger partial charge is 0.456 e. The molecular formula is C40H24N4O. The van der Waals surface area contributed by atoms with Gasteiger partial charge in [-0.2, -0.15) is 5.26 Å². The maximum atomic E-state index is 9.41. The first kappa shape index (κ1) is 26.3. The second kappa shape index (κ2) is 11.0. The van der Waals surface area contributed by atoms with Crippen LogP contribution in [0.4, 0.5) is 0 Å². The van der Waals surface area contributed by atoms with Crippen molar-refractivity contribution >= 4 is 21.9 Å². The molecular weight excluding hydrogens is 552 g/mol. The summed E-state index contributed by atoms with van der Waals surface area (Å²) in [5, 5.41) is 11.5. The highest BCUT2D eigenvalue weighted by molar-refractivity contribution is 6.12. The number of hydrogen-bond donors (Lipinski definition) is 0. The van der Waals surface area contributed by atoms with Gasteiger partial charge in [-0.1, -0.05) is 109 Å². The molecule has 5 heteroatoms. The van der Waals surface area contributed by atoms with Crippen molar-refractivity contribution in [3.05, 3.63) is 151 Å². The van der Waals surface area contributed by atoms with Crippen LogP contribution in [0.15, 0.2) is 150 Å². The molecule has 0 fully saturated rings. The molecule has 0 unspecified atom stereocenters. The molecule has 0 aliphatic heterocycles. The van der Waals surface area contributed by atoms with Gasteiger partial charge in [0.15, 0.2) is 17.5 Å². The van der Waals surface area contributed by atoms with E-state index in [1.54, 1.807) is 6.07 Å². The minimum Gasteiger partial charge on any atom is -0.456 e. The number of fused-ring (bicyclic) bond motifs is 3. The maximum Gasteiger partial charge on any atom is 0.164 e. The molecule has 0 spiro atoms. The molecule has 2 aromatic heterocycles. The fourth-order valence-corrected chi connectivity index (χ4v) is 5.78. The summed E-state index contributed by atoms with van der Waals surface area (Å²) in [5.74, 6) is 1.71. The van der Waals surface area contributed by atoms with Crippen LogP contribution in [0.1, 0.15) is 5.56 Å². The van der Waals surface area contributed by atoms with E-state index in [-0.39, 0.29) is 0 Å². The standard InChI is InChI=1S/C40H24N4O/c41-25-26-10-7-15-29(22-26)30-16-8-17-31(23-30)39-42-38(28-13-5-2-6-14-28)43-40(44-39)32-20-21-34-36(24-32)45-35-19-9-18-33(37(34)35)27-11-3-1-4-12-27/h1-24H. The number of hydrogen-bond acceptors (Lipinski definition) is 5. The van der Waals surface area contributed by atoms with Crippen LogP contribution in [-0.4, -0.2) is 15.0 Å². The molecule has 0 saturated heterocycles. The van der Waals surface area contributed by atoms with Crippen molar-refractivity contribution in [1.29, 1.82) is 5.26 Å². The molecule has 2 heterocycles. The van der Waals surface area contributed by atoms with E-state index in [0.29, 0.717) is 23.0 Å². The molecule has 0 radical (unpaired) electrons. The van der Waals surface area contributed by atoms with Crippen molar-refractivity contribution in [1.82, 2.24) is 15.0 Å². The van der Waals surface area contributed by atoms with E-state index in [0.717, 1.165) is 60.9 Å². The number of nitrogens with zero attached hydrogens (tertiary/aromatic N) is 4. The molecule has 210 valence electrons. The Hall–Kier alpha value is -6.38. The second-order valence-electron chi connectivity index (χ2n) is 10.8. The summed E-state index contributed by atoms with van der Waals surface area (Å²) >= 11 is 0. The average molecular weight is 577 g/mol. The average Bonchev–Trinajstić information content (AvgIpc) is 3.50. The first-order valence-corrected chi connectivity index (χ1v) is 14.7. The van der Waals surface area contributed by atoms with Gasteiger partial charge in [-0.3, -0.25) is 0 Å². The van der Waals surface area contributed by atoms with Gasteiger partial charge in [-0.05, 0) is 58.7 Å². The minimum absolute atomic E-state index is 0.557. The summed E-state index contributed by atoms with van der Waals surface area (Å²) in [5.41, 5.74) is 9.02. The first-order chi connectivity index (χ1) is 22.2. The fraction of sp³-hybridized carbons (Fsp3) is 0. The highest BCUT2D eigenvalue weighted by atomic mass is 16.3. The number of nitriles is 1. The van der Waals surface area contributed by atoms with Crippen molar-refractivity contribution in [3.8, 4) is 62.5 Å². The van der Waals surface area contributed by atoms with Crippen molar-refractivity contribution in [2.45, 2.75) is 0 Å². The predicted molar refractivity (Wildman–Crippen MR) is 179 cm³/mol. The Bertz CT molecular complexity index is 2390. The topological polar surface area (TPSA) is 75.6 Å². The Labute approximate surface area is 259 Å². The van der Waals surface area contributed by atoms with Crippen LogP contribution in [0, 0.1) is 11.3 Å². The highest BCUT2D eigenvalue weighted by Gasteiger charge is 2.17. The lowest BCUT2D eigenvalue weighted by molar-refractivity contribution is 0.669. The second-order valence-corrected chi connectivity index (χ2v) is 10.8. The van der Waals surface area contributed by atoms with Crippen LogP contribution >= 0.6 is 0 Å². The van der Waals surface area contributed by atoms with Gasteiger partial charge in [0.1, 0.15) is 11.2 Å². The molecule has 45 heavy (non-hydrogen) atoms. The van der Waals surface area contributed by atoms with Gasteiger partial charge in [0.05, 0.1) is 11.6 Å². The van der Waals surface area contributed by atoms with Gasteiger partial charge in [0.2, 0.25) is 0 Å². The monoisotopic (exact) mass is 576 g/mol. The van der Waals surface area contributed by atoms with Crippen LogP contribution in [-0.2, 0) is 0 Å². The van der Waals surface area contributed by atoms with Gasteiger partial charge in [0.25, 0.3) is 0 Å². The SMILES string of the molecule is N#Cc1cccc(-c2cccc(-c3nc(-c4ccccc4)nc(-c4ccc5c(c4)oc4cccc(-c6ccccc6)c45)n3)c2)c1. The van der Waals surface area contributed by atoms with E-state index in [4.69, 9.17) is 19.4 Å². The molecule has 0 atom stereocenters. The third kappa shape index (κ3) is 4.91. The molecule has 6 aromatic carbocycles. The molecule has 0 amide bonds. The van der Waals surface area contributed by atoms with Gasteiger partial charge >= 0.3 is 0 Å². The first-order valence-electron chi connectivity index (χ1n) is 14.7. The van der Waals surface area contributed by atoms with Gasteiger partial charge < -0.3 is 4.42 Å². The fourth-order valence-electron chi connectivity index (χ4n) is 5.78. The van der Waals surface area contributed by atoms with E-state index in [1.165, 1.54) is 0 Å². The molecule has 0 aliphatic rings. The lowest BCUT2D eigenvalue weighted by Gasteiger charge is -2.10. The smallest absolute Gasteiger partial charge is 0.164 e. The van der Waals surface area contributed by atoms with Crippen LogP contribution in [0.25, 0.3) is 78.4 Å². The Morgan fingerprint density at radius 2 is 1.02 bits per heavy atom. The number of rotatable bonds is 5. The minimum atomic E-state index is 0.557. The van der Waals surface area contributed by atoms with E-state index in [2.05, 4.69) is 54.6 Å². The van der Waals surface area contributed by atoms with Crippen LogP contribution in [0.5, 0.6) is 0 Å². The molecule has 0 aliphatic carbocycles. The van der Waals surface area contributed by atoms with E-state index in [1.807, 2.05) is 91.0 Å². The Morgan fingerprint density at radius 1 is 0.444 bits per heavy atom. The zero-order valence-electron chi connectivity index (χ0n) is 24.1. The lowest BCUT2D eigenvalue weighted by Crippen LogP contribution is -2.00. The lowest BCUT2D eigenvalue weighted by atomic mass is 9.99. The Morgan fingerprint density at radius 3 is 1.76 bits per heavy atom. The summed E-state index contributed by atoms with van der Waals surface area (Å²) in [4.78, 5) is 14.8. The normalized spacial score (nSPS) is 11.1. The van der Waals surface area contributed by atoms with E-state index < -0.39 is 0 Å². The maximum absolute atomic E-state index is 9.41. The zero-order chi connectivity index (χ0) is 30.2. The van der Waals surface area contributed by atoms with Crippen molar-refractivity contribution < 1.29 is 4.42 Å². The molecule has 0 saturated carbocycles. The van der Waals surface area contributed by atoms with Crippen LogP contribution < -0.4 is 0 Å². The third-order valence-electron chi connectivity index (χ3n) is 7.95. The molecule has 5 nitrogen and oxygen atoms in total. The highest BCUT2D eigenvalue weighted by Crippen LogP contribution is 2.38. The van der Waals surface area contributed by atoms with Crippen molar-refractivity contribution in [2.75, 3.05) is 0 Å². The summed E-state index contributed by atoms with van der Waals surface area (Å²) in [7, 11) is 0. The predicted octanol–water partition coefficient (Wildman–Crippen LogP) is 9.98. The zero-order valence-corrected chi connectivity index (χ0v) is 24.1. The summed E-state index contributed by atoms with van der Waals surface area (Å²) < 4.78 is 6.40. The van der Waals surface area contributed by atoms with E-state index in [9.17, 15) is 5.26 Å². The molecule has 0 bridgehead atoms. The summed E-state index contributed by atoms with van der Waals surface area (Å²) in [6.07, 6.45) is 0. The van der Waals surface area contributed by atoms with Gasteiger partial charge in [-0.15, -0.1) is 0 Å². The molecule has 8 rings (SSSR count). The number of benzene rings is 6.